The van der Waals surface area contributed by atoms with Crippen LogP contribution in [0.1, 0.15) is 31.4 Å². The summed E-state index contributed by atoms with van der Waals surface area (Å²) in [5.74, 6) is 0.730. The van der Waals surface area contributed by atoms with Crippen LogP contribution >= 0.6 is 0 Å². The molecule has 0 bridgehead atoms. The van der Waals surface area contributed by atoms with E-state index in [-0.39, 0.29) is 6.10 Å². The lowest BCUT2D eigenvalue weighted by molar-refractivity contribution is 0.108. The molecule has 0 aliphatic heterocycles. The Hall–Kier alpha value is -0.890. The van der Waals surface area contributed by atoms with Crippen LogP contribution in [0.2, 0.25) is 0 Å². The van der Waals surface area contributed by atoms with Gasteiger partial charge in [-0.25, -0.2) is 0 Å². The summed E-state index contributed by atoms with van der Waals surface area (Å²) in [6.07, 6.45) is 7.13. The standard InChI is InChI=1S/C12H17NO/c14-12-6-4-10(5-7-12)9-11-3-1-2-8-13-11/h1-3,8,10,12,14H,4-7,9H2. The van der Waals surface area contributed by atoms with Crippen molar-refractivity contribution in [3.05, 3.63) is 30.1 Å². The zero-order valence-corrected chi connectivity index (χ0v) is 8.39. The van der Waals surface area contributed by atoms with Gasteiger partial charge in [-0.15, -0.1) is 0 Å². The highest BCUT2D eigenvalue weighted by Crippen LogP contribution is 2.26. The highest BCUT2D eigenvalue weighted by molar-refractivity contribution is 5.04. The molecule has 0 unspecified atom stereocenters. The Morgan fingerprint density at radius 2 is 2.00 bits per heavy atom. The summed E-state index contributed by atoms with van der Waals surface area (Å²) in [5.41, 5.74) is 1.19. The molecule has 76 valence electrons. The van der Waals surface area contributed by atoms with Crippen molar-refractivity contribution in [1.29, 1.82) is 0 Å². The van der Waals surface area contributed by atoms with Gasteiger partial charge in [0.05, 0.1) is 6.10 Å². The van der Waals surface area contributed by atoms with Crippen LogP contribution in [0.15, 0.2) is 24.4 Å². The number of aliphatic hydroxyl groups excluding tert-OH is 1. The van der Waals surface area contributed by atoms with Crippen molar-refractivity contribution in [2.45, 2.75) is 38.2 Å². The lowest BCUT2D eigenvalue weighted by Crippen LogP contribution is -2.19. The Kier molecular flexibility index (Phi) is 3.14. The van der Waals surface area contributed by atoms with E-state index in [1.165, 1.54) is 5.69 Å². The van der Waals surface area contributed by atoms with Crippen LogP contribution in [0, 0.1) is 5.92 Å². The number of hydrogen-bond donors (Lipinski definition) is 1. The quantitative estimate of drug-likeness (QED) is 0.777. The van der Waals surface area contributed by atoms with Gasteiger partial charge in [-0.3, -0.25) is 4.98 Å². The summed E-state index contributed by atoms with van der Waals surface area (Å²) in [6.45, 7) is 0. The molecule has 0 spiro atoms. The molecule has 1 N–H and O–H groups in total. The van der Waals surface area contributed by atoms with Crippen LogP contribution in [0.4, 0.5) is 0 Å². The molecule has 1 aliphatic carbocycles. The molecular weight excluding hydrogens is 174 g/mol. The summed E-state index contributed by atoms with van der Waals surface area (Å²) in [7, 11) is 0. The predicted octanol–water partition coefficient (Wildman–Crippen LogP) is 2.18. The van der Waals surface area contributed by atoms with Gasteiger partial charge >= 0.3 is 0 Å². The molecule has 1 aromatic rings. The highest BCUT2D eigenvalue weighted by Gasteiger charge is 2.19. The van der Waals surface area contributed by atoms with Gasteiger partial charge < -0.3 is 5.11 Å². The number of hydrogen-bond acceptors (Lipinski definition) is 2. The zero-order chi connectivity index (χ0) is 9.80. The van der Waals surface area contributed by atoms with Gasteiger partial charge in [-0.1, -0.05) is 6.07 Å². The average molecular weight is 191 g/mol. The fourth-order valence-electron chi connectivity index (χ4n) is 2.16. The third-order valence-corrected chi connectivity index (χ3v) is 3.04. The molecule has 14 heavy (non-hydrogen) atoms. The summed E-state index contributed by atoms with van der Waals surface area (Å²) >= 11 is 0. The van der Waals surface area contributed by atoms with Gasteiger partial charge in [0.25, 0.3) is 0 Å². The Morgan fingerprint density at radius 3 is 2.64 bits per heavy atom. The Labute approximate surface area is 85.0 Å². The normalized spacial score (nSPS) is 27.5. The van der Waals surface area contributed by atoms with E-state index in [1.807, 2.05) is 18.3 Å². The van der Waals surface area contributed by atoms with Crippen molar-refractivity contribution in [2.24, 2.45) is 5.92 Å². The van der Waals surface area contributed by atoms with Crippen LogP contribution in [-0.4, -0.2) is 16.2 Å². The molecule has 1 heterocycles. The lowest BCUT2D eigenvalue weighted by Gasteiger charge is -2.24. The lowest BCUT2D eigenvalue weighted by atomic mass is 9.84. The van der Waals surface area contributed by atoms with Gasteiger partial charge in [-0.05, 0) is 50.2 Å². The number of pyridine rings is 1. The topological polar surface area (TPSA) is 33.1 Å². The van der Waals surface area contributed by atoms with Crippen molar-refractivity contribution < 1.29 is 5.11 Å². The molecule has 0 aromatic carbocycles. The van der Waals surface area contributed by atoms with Crippen LogP contribution in [0.5, 0.6) is 0 Å². The highest BCUT2D eigenvalue weighted by atomic mass is 16.3. The van der Waals surface area contributed by atoms with E-state index < -0.39 is 0 Å². The van der Waals surface area contributed by atoms with E-state index in [4.69, 9.17) is 0 Å². The van der Waals surface area contributed by atoms with Crippen LogP contribution in [0.3, 0.4) is 0 Å². The van der Waals surface area contributed by atoms with E-state index in [0.717, 1.165) is 38.0 Å². The second kappa shape index (κ2) is 4.56. The molecule has 2 heteroatoms. The van der Waals surface area contributed by atoms with Gasteiger partial charge in [0.2, 0.25) is 0 Å². The maximum Gasteiger partial charge on any atom is 0.0540 e. The summed E-state index contributed by atoms with van der Waals surface area (Å²) in [4.78, 5) is 4.33. The number of nitrogens with zero attached hydrogens (tertiary/aromatic N) is 1. The van der Waals surface area contributed by atoms with Crippen LogP contribution < -0.4 is 0 Å². The smallest absolute Gasteiger partial charge is 0.0540 e. The van der Waals surface area contributed by atoms with Crippen molar-refractivity contribution in [1.82, 2.24) is 4.98 Å². The van der Waals surface area contributed by atoms with E-state index in [9.17, 15) is 5.11 Å². The van der Waals surface area contributed by atoms with Gasteiger partial charge in [0.1, 0.15) is 0 Å². The minimum atomic E-state index is -0.0463. The third kappa shape index (κ3) is 2.55. The molecular formula is C12H17NO. The Balaban J connectivity index is 1.87. The number of aromatic nitrogens is 1. The van der Waals surface area contributed by atoms with E-state index in [1.54, 1.807) is 0 Å². The van der Waals surface area contributed by atoms with Crippen molar-refractivity contribution in [2.75, 3.05) is 0 Å². The summed E-state index contributed by atoms with van der Waals surface area (Å²) in [6, 6.07) is 6.08. The summed E-state index contributed by atoms with van der Waals surface area (Å²) < 4.78 is 0. The van der Waals surface area contributed by atoms with Crippen LogP contribution in [0.25, 0.3) is 0 Å². The average Bonchev–Trinajstić information content (AvgIpc) is 2.23. The molecule has 0 radical (unpaired) electrons. The van der Waals surface area contributed by atoms with Crippen molar-refractivity contribution in [3.63, 3.8) is 0 Å². The molecule has 2 rings (SSSR count). The van der Waals surface area contributed by atoms with Crippen molar-refractivity contribution in [3.8, 4) is 0 Å². The first-order chi connectivity index (χ1) is 6.84. The second-order valence-corrected chi connectivity index (χ2v) is 4.20. The zero-order valence-electron chi connectivity index (χ0n) is 8.39. The van der Waals surface area contributed by atoms with Gasteiger partial charge in [-0.2, -0.15) is 0 Å². The van der Waals surface area contributed by atoms with Gasteiger partial charge in [0, 0.05) is 11.9 Å². The van der Waals surface area contributed by atoms with E-state index in [2.05, 4.69) is 11.1 Å². The molecule has 1 saturated carbocycles. The minimum absolute atomic E-state index is 0.0463. The van der Waals surface area contributed by atoms with Crippen molar-refractivity contribution >= 4 is 0 Å². The first kappa shape index (κ1) is 9.66. The fraction of sp³-hybridized carbons (Fsp3) is 0.583. The third-order valence-electron chi connectivity index (χ3n) is 3.04. The molecule has 1 fully saturated rings. The first-order valence-electron chi connectivity index (χ1n) is 5.42. The van der Waals surface area contributed by atoms with E-state index >= 15 is 0 Å². The Morgan fingerprint density at radius 1 is 1.21 bits per heavy atom. The largest absolute Gasteiger partial charge is 0.393 e. The SMILES string of the molecule is OC1CCC(Cc2ccccn2)CC1. The fourth-order valence-corrected chi connectivity index (χ4v) is 2.16. The first-order valence-corrected chi connectivity index (χ1v) is 5.42. The Bertz CT molecular complexity index is 265. The molecule has 1 aliphatic rings. The molecule has 0 saturated heterocycles. The van der Waals surface area contributed by atoms with Gasteiger partial charge in [0.15, 0.2) is 0 Å². The maximum atomic E-state index is 9.38. The van der Waals surface area contributed by atoms with E-state index in [0.29, 0.717) is 0 Å². The molecule has 0 amide bonds. The summed E-state index contributed by atoms with van der Waals surface area (Å²) in [5, 5.41) is 9.38. The minimum Gasteiger partial charge on any atom is -0.393 e. The molecule has 2 nitrogen and oxygen atoms in total. The monoisotopic (exact) mass is 191 g/mol. The van der Waals surface area contributed by atoms with Crippen LogP contribution in [-0.2, 0) is 6.42 Å². The second-order valence-electron chi connectivity index (χ2n) is 4.20. The number of aliphatic hydroxyl groups is 1. The predicted molar refractivity (Wildman–Crippen MR) is 55.9 cm³/mol. The number of rotatable bonds is 2. The molecule has 0 atom stereocenters. The maximum absolute atomic E-state index is 9.38. The molecule has 1 aromatic heterocycles.